The number of nitrogens with one attached hydrogen (secondary N) is 1. The summed E-state index contributed by atoms with van der Waals surface area (Å²) in [6, 6.07) is 34.1. The van der Waals surface area contributed by atoms with Crippen LogP contribution in [0.2, 0.25) is 0 Å². The average Bonchev–Trinajstić information content (AvgIpc) is 3.80. The largest absolute Gasteiger partial charge is 0.801 e. The number of benzene rings is 4. The number of aromatic nitrogens is 4. The molecule has 1 amide bonds. The van der Waals surface area contributed by atoms with E-state index in [-0.39, 0.29) is 24.8 Å². The summed E-state index contributed by atoms with van der Waals surface area (Å²) in [7, 11) is 3.24. The predicted octanol–water partition coefficient (Wildman–Crippen LogP) is 6.08. The van der Waals surface area contributed by atoms with Crippen LogP contribution in [0.4, 0.5) is 5.82 Å². The molecule has 1 aliphatic rings. The number of nitrogens with zero attached hydrogens (tertiary/aromatic N) is 4. The van der Waals surface area contributed by atoms with Crippen LogP contribution in [0.1, 0.15) is 39.7 Å². The lowest BCUT2D eigenvalue weighted by molar-refractivity contribution is -0.187. The van der Waals surface area contributed by atoms with Crippen molar-refractivity contribution in [2.24, 2.45) is 0 Å². The van der Waals surface area contributed by atoms with E-state index in [4.69, 9.17) is 35.3 Å². The highest BCUT2D eigenvalue weighted by Crippen LogP contribution is 2.45. The van der Waals surface area contributed by atoms with E-state index in [0.29, 0.717) is 28.2 Å². The van der Waals surface area contributed by atoms with Gasteiger partial charge in [-0.3, -0.25) is 9.36 Å². The lowest BCUT2D eigenvalue weighted by Crippen LogP contribution is -2.38. The number of hydrogen-bond donors (Lipinski definition) is 1. The number of carbonyl (C=O) groups excluding carboxylic acids is 1. The van der Waals surface area contributed by atoms with Gasteiger partial charge in [0, 0.05) is 12.0 Å². The molecule has 0 aliphatic carbocycles. The van der Waals surface area contributed by atoms with Crippen molar-refractivity contribution in [1.82, 2.24) is 19.5 Å². The second-order valence-electron chi connectivity index (χ2n) is 12.5. The smallest absolute Gasteiger partial charge is 0.256 e. The Kier molecular flexibility index (Phi) is 10.7. The van der Waals surface area contributed by atoms with E-state index < -0.39 is 30.5 Å². The van der Waals surface area contributed by atoms with E-state index in [1.54, 1.807) is 49.4 Å². The Morgan fingerprint density at radius 2 is 1.47 bits per heavy atom. The molecule has 7 rings (SSSR count). The summed E-state index contributed by atoms with van der Waals surface area (Å²) in [6.45, 7) is -1.97. The highest BCUT2D eigenvalue weighted by molar-refractivity contribution is 8.08. The molecule has 53 heavy (non-hydrogen) atoms. The molecule has 0 radical (unpaired) electrons. The van der Waals surface area contributed by atoms with Gasteiger partial charge in [-0.1, -0.05) is 84.6 Å². The minimum Gasteiger partial charge on any atom is -0.801 e. The number of rotatable bonds is 13. The molecular formula is C39H37N5O7PS-. The lowest BCUT2D eigenvalue weighted by atomic mass is 9.80. The van der Waals surface area contributed by atoms with Crippen molar-refractivity contribution in [1.29, 1.82) is 0 Å². The number of imidazole rings is 1. The Morgan fingerprint density at radius 1 is 0.887 bits per heavy atom. The van der Waals surface area contributed by atoms with E-state index in [1.165, 1.54) is 13.0 Å². The maximum absolute atomic E-state index is 13.0. The fourth-order valence-electron chi connectivity index (χ4n) is 6.58. The number of anilines is 1. The van der Waals surface area contributed by atoms with Crippen LogP contribution in [0.3, 0.4) is 0 Å². The van der Waals surface area contributed by atoms with E-state index in [0.717, 1.165) is 16.7 Å². The standard InChI is InChI=1S/C39H38N5O7PS/c1-47-30-18-14-28(15-19-30)39(27-12-8-5-9-13-27,29-16-20-31(48-2)21-17-29)49-23-33-32(51-52(3,46)53)22-34(50-33)44-25-42-35-36(40-24-41-37(35)44)43-38(45)26-10-6-4-7-11-26/h4-21,24-25,32-34H,22-23H2,1-3H3,(H,46,53)(H,40,41,43,45)/p-1/t32-,33+,34+,52?/m0/s1. The Morgan fingerprint density at radius 3 is 2.06 bits per heavy atom. The molecule has 6 aromatic rings. The molecule has 4 aromatic carbocycles. The SMILES string of the molecule is COc1ccc(C(OC[C@H]2O[C@@H](n3cnc4c(NC(=O)c5ccccc5)ncnc43)C[C@@H]2OP(C)([O-])=S)(c2ccccc2)c2ccc(OC)cc2)cc1. The fourth-order valence-corrected chi connectivity index (χ4v) is 7.63. The summed E-state index contributed by atoms with van der Waals surface area (Å²) >= 11 is 5.26. The molecule has 0 saturated carbocycles. The minimum atomic E-state index is -3.39. The van der Waals surface area contributed by atoms with Crippen LogP contribution in [0.25, 0.3) is 11.2 Å². The minimum absolute atomic E-state index is 0.0173. The van der Waals surface area contributed by atoms with E-state index in [1.807, 2.05) is 84.9 Å². The third-order valence-electron chi connectivity index (χ3n) is 9.08. The van der Waals surface area contributed by atoms with Gasteiger partial charge in [0.05, 0.1) is 33.3 Å². The molecular weight excluding hydrogens is 713 g/mol. The molecule has 1 N–H and O–H groups in total. The number of hydrogen-bond acceptors (Lipinski definition) is 11. The highest BCUT2D eigenvalue weighted by Gasteiger charge is 2.43. The lowest BCUT2D eigenvalue weighted by Gasteiger charge is -2.38. The molecule has 272 valence electrons. The van der Waals surface area contributed by atoms with Gasteiger partial charge in [0.2, 0.25) is 0 Å². The summed E-state index contributed by atoms with van der Waals surface area (Å²) in [6.07, 6.45) is 1.13. The van der Waals surface area contributed by atoms with Gasteiger partial charge in [0.1, 0.15) is 35.8 Å². The van der Waals surface area contributed by atoms with Gasteiger partial charge in [-0.25, -0.2) is 15.0 Å². The number of methoxy groups -OCH3 is 2. The van der Waals surface area contributed by atoms with Gasteiger partial charge in [-0.15, -0.1) is 0 Å². The first-order valence-corrected chi connectivity index (χ1v) is 19.9. The van der Waals surface area contributed by atoms with Crippen molar-refractivity contribution in [3.8, 4) is 11.5 Å². The summed E-state index contributed by atoms with van der Waals surface area (Å²) < 4.78 is 32.5. The van der Waals surface area contributed by atoms with E-state index in [9.17, 15) is 9.69 Å². The number of fused-ring (bicyclic) bond motifs is 1. The summed E-state index contributed by atoms with van der Waals surface area (Å²) in [4.78, 5) is 39.2. The van der Waals surface area contributed by atoms with Crippen molar-refractivity contribution in [2.45, 2.75) is 30.5 Å². The molecule has 14 heteroatoms. The van der Waals surface area contributed by atoms with E-state index >= 15 is 0 Å². The molecule has 0 spiro atoms. The molecule has 1 unspecified atom stereocenters. The van der Waals surface area contributed by atoms with Gasteiger partial charge in [0.15, 0.2) is 17.0 Å². The summed E-state index contributed by atoms with van der Waals surface area (Å²) in [5.74, 6) is 1.32. The highest BCUT2D eigenvalue weighted by atomic mass is 32.5. The number of carbonyl (C=O) groups is 1. The van der Waals surface area contributed by atoms with Crippen LogP contribution in [0, 0.1) is 0 Å². The van der Waals surface area contributed by atoms with Crippen molar-refractivity contribution < 1.29 is 33.2 Å². The zero-order valence-corrected chi connectivity index (χ0v) is 30.9. The maximum Gasteiger partial charge on any atom is 0.256 e. The van der Waals surface area contributed by atoms with Crippen molar-refractivity contribution >= 4 is 41.2 Å². The zero-order valence-electron chi connectivity index (χ0n) is 29.2. The molecule has 2 aromatic heterocycles. The molecule has 0 bridgehead atoms. The average molecular weight is 751 g/mol. The van der Waals surface area contributed by atoms with Crippen LogP contribution in [0.5, 0.6) is 11.5 Å². The topological polar surface area (TPSA) is 142 Å². The molecule has 12 nitrogen and oxygen atoms in total. The normalized spacial score (nSPS) is 18.4. The quantitative estimate of drug-likeness (QED) is 0.109. The molecule has 4 atom stereocenters. The Balaban J connectivity index is 1.23. The Hall–Kier alpha value is -5.01. The predicted molar refractivity (Wildman–Crippen MR) is 202 cm³/mol. The molecule has 1 aliphatic heterocycles. The number of amides is 1. The first kappa shape index (κ1) is 36.4. The fraction of sp³-hybridized carbons (Fsp3) is 0.231. The van der Waals surface area contributed by atoms with Gasteiger partial charge in [-0.05, 0) is 66.2 Å². The van der Waals surface area contributed by atoms with Crippen LogP contribution in [-0.2, 0) is 31.4 Å². The van der Waals surface area contributed by atoms with E-state index in [2.05, 4.69) is 20.3 Å². The molecule has 1 saturated heterocycles. The second kappa shape index (κ2) is 15.5. The molecule has 3 heterocycles. The summed E-state index contributed by atoms with van der Waals surface area (Å²) in [5, 5.41) is 2.83. The number of ether oxygens (including phenoxy) is 4. The van der Waals surface area contributed by atoms with Crippen LogP contribution in [0.15, 0.2) is 122 Å². The van der Waals surface area contributed by atoms with Crippen LogP contribution in [-0.4, -0.2) is 65.1 Å². The zero-order chi connectivity index (χ0) is 37.0. The van der Waals surface area contributed by atoms with Crippen LogP contribution < -0.4 is 19.7 Å². The van der Waals surface area contributed by atoms with Gasteiger partial charge >= 0.3 is 0 Å². The van der Waals surface area contributed by atoms with Gasteiger partial charge in [-0.2, -0.15) is 0 Å². The Labute approximate surface area is 311 Å². The van der Waals surface area contributed by atoms with Gasteiger partial charge < -0.3 is 33.7 Å². The van der Waals surface area contributed by atoms with Gasteiger partial charge in [0.25, 0.3) is 5.91 Å². The van der Waals surface area contributed by atoms with Crippen molar-refractivity contribution in [3.05, 3.63) is 144 Å². The van der Waals surface area contributed by atoms with Crippen molar-refractivity contribution in [2.75, 3.05) is 32.8 Å². The third kappa shape index (κ3) is 7.72. The van der Waals surface area contributed by atoms with Crippen molar-refractivity contribution in [3.63, 3.8) is 0 Å². The first-order valence-electron chi connectivity index (χ1n) is 16.8. The second-order valence-corrected chi connectivity index (χ2v) is 16.2. The third-order valence-corrected chi connectivity index (χ3v) is 9.99. The Bertz CT molecular complexity index is 2170. The monoisotopic (exact) mass is 750 g/mol. The maximum atomic E-state index is 13.0. The van der Waals surface area contributed by atoms with Crippen LogP contribution >= 0.6 is 6.49 Å². The first-order chi connectivity index (χ1) is 25.7. The molecule has 1 fully saturated rings. The summed E-state index contributed by atoms with van der Waals surface area (Å²) in [5.41, 5.74) is 2.71.